The maximum Gasteiger partial charge on any atom is 0.411 e. The molecule has 2 aromatic carbocycles. The lowest BCUT2D eigenvalue weighted by atomic mass is 10.1. The number of anilines is 3. The first-order valence-corrected chi connectivity index (χ1v) is 10.6. The molecule has 1 aliphatic rings. The van der Waals surface area contributed by atoms with Crippen LogP contribution in [0, 0.1) is 17.1 Å². The second-order valence-electron chi connectivity index (χ2n) is 7.82. The SMILES string of the molecule is CC1COC(COC(=O)Nc2ccccc2)CN1c1cc(-c2ccc(C#N)c(F)c2)nc(N)n1. The number of carbonyl (C=O) groups is 1. The van der Waals surface area contributed by atoms with Gasteiger partial charge in [-0.15, -0.1) is 0 Å². The van der Waals surface area contributed by atoms with E-state index in [2.05, 4.69) is 15.3 Å². The number of amides is 1. The van der Waals surface area contributed by atoms with E-state index in [0.717, 1.165) is 0 Å². The van der Waals surface area contributed by atoms with E-state index in [4.69, 9.17) is 20.5 Å². The molecular weight excluding hydrogens is 439 g/mol. The summed E-state index contributed by atoms with van der Waals surface area (Å²) < 4.78 is 25.3. The summed E-state index contributed by atoms with van der Waals surface area (Å²) in [6.45, 7) is 2.81. The summed E-state index contributed by atoms with van der Waals surface area (Å²) in [6.07, 6.45) is -0.957. The number of nitrogens with one attached hydrogen (secondary N) is 1. The van der Waals surface area contributed by atoms with Crippen LogP contribution in [-0.4, -0.2) is 48.0 Å². The number of nitrogen functional groups attached to an aromatic ring is 1. The second-order valence-corrected chi connectivity index (χ2v) is 7.82. The van der Waals surface area contributed by atoms with Crippen molar-refractivity contribution >= 4 is 23.5 Å². The minimum Gasteiger partial charge on any atom is -0.446 e. The number of hydrogen-bond donors (Lipinski definition) is 2. The fourth-order valence-electron chi connectivity index (χ4n) is 3.59. The molecule has 3 N–H and O–H groups in total. The molecule has 0 aliphatic carbocycles. The molecule has 2 heterocycles. The molecule has 9 nitrogen and oxygen atoms in total. The van der Waals surface area contributed by atoms with Crippen molar-refractivity contribution < 1.29 is 18.7 Å². The van der Waals surface area contributed by atoms with Crippen molar-refractivity contribution in [3.63, 3.8) is 0 Å². The summed E-state index contributed by atoms with van der Waals surface area (Å²) >= 11 is 0. The Balaban J connectivity index is 1.46. The van der Waals surface area contributed by atoms with Crippen LogP contribution >= 0.6 is 0 Å². The normalized spacial score (nSPS) is 17.6. The molecule has 10 heteroatoms. The molecule has 4 rings (SSSR count). The van der Waals surface area contributed by atoms with Crippen LogP contribution in [-0.2, 0) is 9.47 Å². The van der Waals surface area contributed by atoms with Gasteiger partial charge in [0.1, 0.15) is 30.4 Å². The van der Waals surface area contributed by atoms with Gasteiger partial charge in [0.15, 0.2) is 0 Å². The van der Waals surface area contributed by atoms with Crippen LogP contribution in [0.15, 0.2) is 54.6 Å². The number of halogens is 1. The van der Waals surface area contributed by atoms with Gasteiger partial charge in [-0.1, -0.05) is 24.3 Å². The highest BCUT2D eigenvalue weighted by Crippen LogP contribution is 2.27. The minimum absolute atomic E-state index is 0.0331. The van der Waals surface area contributed by atoms with Crippen molar-refractivity contribution in [1.29, 1.82) is 5.26 Å². The molecule has 0 saturated carbocycles. The predicted octanol–water partition coefficient (Wildman–Crippen LogP) is 3.58. The average Bonchev–Trinajstić information content (AvgIpc) is 2.83. The summed E-state index contributed by atoms with van der Waals surface area (Å²) in [4.78, 5) is 22.6. The highest BCUT2D eigenvalue weighted by molar-refractivity contribution is 5.84. The van der Waals surface area contributed by atoms with Crippen molar-refractivity contribution in [3.05, 3.63) is 66.0 Å². The number of nitriles is 1. The summed E-state index contributed by atoms with van der Waals surface area (Å²) in [7, 11) is 0. The summed E-state index contributed by atoms with van der Waals surface area (Å²) in [5, 5.41) is 11.6. The first-order valence-electron chi connectivity index (χ1n) is 10.6. The Morgan fingerprint density at radius 1 is 1.29 bits per heavy atom. The quantitative estimate of drug-likeness (QED) is 0.589. The van der Waals surface area contributed by atoms with Crippen LogP contribution in [0.5, 0.6) is 0 Å². The largest absolute Gasteiger partial charge is 0.446 e. The molecular formula is C24H23FN6O3. The number of morpholine rings is 1. The van der Waals surface area contributed by atoms with Crippen LogP contribution in [0.4, 0.5) is 26.6 Å². The Kier molecular flexibility index (Phi) is 6.85. The number of carbonyl (C=O) groups excluding carboxylic acids is 1. The van der Waals surface area contributed by atoms with Gasteiger partial charge in [-0.05, 0) is 31.2 Å². The molecule has 0 spiro atoms. The Bertz CT molecular complexity index is 1220. The smallest absolute Gasteiger partial charge is 0.411 e. The molecule has 2 unspecified atom stereocenters. The van der Waals surface area contributed by atoms with Gasteiger partial charge in [-0.3, -0.25) is 5.32 Å². The van der Waals surface area contributed by atoms with Gasteiger partial charge >= 0.3 is 6.09 Å². The Hall–Kier alpha value is -4.23. The lowest BCUT2D eigenvalue weighted by Crippen LogP contribution is -2.50. The summed E-state index contributed by atoms with van der Waals surface area (Å²) in [6, 6.07) is 16.7. The number of nitrogens with zero attached hydrogens (tertiary/aromatic N) is 4. The number of ether oxygens (including phenoxy) is 2. The van der Waals surface area contributed by atoms with Crippen molar-refractivity contribution in [2.75, 3.05) is 35.7 Å². The van der Waals surface area contributed by atoms with Gasteiger partial charge in [-0.2, -0.15) is 10.2 Å². The van der Waals surface area contributed by atoms with Gasteiger partial charge in [-0.25, -0.2) is 14.2 Å². The van der Waals surface area contributed by atoms with Crippen LogP contribution < -0.4 is 16.0 Å². The van der Waals surface area contributed by atoms with Crippen molar-refractivity contribution in [2.24, 2.45) is 0 Å². The molecule has 0 bridgehead atoms. The lowest BCUT2D eigenvalue weighted by Gasteiger charge is -2.38. The highest BCUT2D eigenvalue weighted by Gasteiger charge is 2.29. The third-order valence-corrected chi connectivity index (χ3v) is 5.34. The molecule has 2 atom stereocenters. The Morgan fingerprint density at radius 2 is 2.09 bits per heavy atom. The van der Waals surface area contributed by atoms with Crippen LogP contribution in [0.3, 0.4) is 0 Å². The van der Waals surface area contributed by atoms with E-state index < -0.39 is 11.9 Å². The maximum absolute atomic E-state index is 14.1. The highest BCUT2D eigenvalue weighted by atomic mass is 19.1. The van der Waals surface area contributed by atoms with Crippen molar-refractivity contribution in [2.45, 2.75) is 19.1 Å². The van der Waals surface area contributed by atoms with Crippen LogP contribution in [0.2, 0.25) is 0 Å². The van der Waals surface area contributed by atoms with Gasteiger partial charge in [0.05, 0.1) is 23.9 Å². The molecule has 34 heavy (non-hydrogen) atoms. The first-order chi connectivity index (χ1) is 16.4. The molecule has 1 aliphatic heterocycles. The van der Waals surface area contributed by atoms with Crippen LogP contribution in [0.25, 0.3) is 11.3 Å². The van der Waals surface area contributed by atoms with E-state index in [9.17, 15) is 9.18 Å². The molecule has 1 aromatic heterocycles. The molecule has 174 valence electrons. The third-order valence-electron chi connectivity index (χ3n) is 5.34. The van der Waals surface area contributed by atoms with Gasteiger partial charge < -0.3 is 20.1 Å². The number of aromatic nitrogens is 2. The fraction of sp³-hybridized carbons (Fsp3) is 0.250. The predicted molar refractivity (Wildman–Crippen MR) is 125 cm³/mol. The summed E-state index contributed by atoms with van der Waals surface area (Å²) in [5.74, 6) is -0.0581. The van der Waals surface area contributed by atoms with Crippen molar-refractivity contribution in [3.8, 4) is 17.3 Å². The number of benzene rings is 2. The molecule has 3 aromatic rings. The van der Waals surface area contributed by atoms with Gasteiger partial charge in [0, 0.05) is 23.9 Å². The maximum atomic E-state index is 14.1. The second kappa shape index (κ2) is 10.1. The zero-order valence-corrected chi connectivity index (χ0v) is 18.4. The Labute approximate surface area is 195 Å². The summed E-state index contributed by atoms with van der Waals surface area (Å²) in [5.41, 5.74) is 7.44. The Morgan fingerprint density at radius 3 is 2.82 bits per heavy atom. The molecule has 1 amide bonds. The monoisotopic (exact) mass is 462 g/mol. The number of para-hydroxylation sites is 1. The van der Waals surface area contributed by atoms with Crippen LogP contribution in [0.1, 0.15) is 12.5 Å². The van der Waals surface area contributed by atoms with E-state index in [1.807, 2.05) is 30.0 Å². The van der Waals surface area contributed by atoms with Gasteiger partial charge in [0.25, 0.3) is 0 Å². The average molecular weight is 462 g/mol. The van der Waals surface area contributed by atoms with E-state index >= 15 is 0 Å². The minimum atomic E-state index is -0.635. The van der Waals surface area contributed by atoms with Gasteiger partial charge in [0.2, 0.25) is 5.95 Å². The molecule has 1 fully saturated rings. The molecule has 1 saturated heterocycles. The fourth-order valence-corrected chi connectivity index (χ4v) is 3.59. The van der Waals surface area contributed by atoms with E-state index in [1.165, 1.54) is 12.1 Å². The topological polar surface area (TPSA) is 126 Å². The zero-order chi connectivity index (χ0) is 24.1. The lowest BCUT2D eigenvalue weighted by molar-refractivity contribution is -0.0138. The number of nitrogens with two attached hydrogens (primary N) is 1. The standard InChI is InChI=1S/C24H23FN6O3/c1-15-13-33-19(14-34-24(32)28-18-5-3-2-4-6-18)12-31(15)22-10-21(29-23(27)30-22)16-7-8-17(11-26)20(25)9-16/h2-10,15,19H,12-14H2,1H3,(H,28,32)(H2,27,29,30). The first kappa shape index (κ1) is 22.9. The number of rotatable bonds is 5. The van der Waals surface area contributed by atoms with E-state index in [1.54, 1.807) is 30.3 Å². The van der Waals surface area contributed by atoms with E-state index in [-0.39, 0.29) is 30.3 Å². The molecule has 0 radical (unpaired) electrons. The number of hydrogen-bond acceptors (Lipinski definition) is 8. The third kappa shape index (κ3) is 5.39. The van der Waals surface area contributed by atoms with E-state index in [0.29, 0.717) is 35.9 Å². The van der Waals surface area contributed by atoms with Crippen molar-refractivity contribution in [1.82, 2.24) is 9.97 Å². The zero-order valence-electron chi connectivity index (χ0n) is 18.4.